The summed E-state index contributed by atoms with van der Waals surface area (Å²) >= 11 is 0. The molecule has 0 aromatic heterocycles. The van der Waals surface area contributed by atoms with Crippen LogP contribution in [-0.4, -0.2) is 52.4 Å². The predicted octanol–water partition coefficient (Wildman–Crippen LogP) is 1.75. The zero-order chi connectivity index (χ0) is 23.1. The van der Waals surface area contributed by atoms with E-state index in [4.69, 9.17) is 10.5 Å². The lowest BCUT2D eigenvalue weighted by molar-refractivity contribution is -0.142. The molecule has 0 aliphatic rings. The first-order valence-electron chi connectivity index (χ1n) is 9.85. The average Bonchev–Trinajstić information content (AvgIpc) is 2.58. The van der Waals surface area contributed by atoms with E-state index in [1.54, 1.807) is 46.8 Å². The van der Waals surface area contributed by atoms with Gasteiger partial charge in [-0.25, -0.2) is 9.59 Å². The van der Waals surface area contributed by atoms with E-state index in [2.05, 4.69) is 10.6 Å². The average molecular weight is 424 g/mol. The normalized spacial score (nSPS) is 13.3. The molecule has 6 N–H and O–H groups in total. The molecule has 0 bridgehead atoms. The minimum atomic E-state index is -1.17. The quantitative estimate of drug-likeness (QED) is 0.380. The van der Waals surface area contributed by atoms with E-state index in [1.165, 1.54) is 0 Å². The maximum atomic E-state index is 12.3. The predicted molar refractivity (Wildman–Crippen MR) is 112 cm³/mol. The van der Waals surface area contributed by atoms with Crippen LogP contribution in [0.3, 0.4) is 0 Å². The molecule has 2 unspecified atom stereocenters. The molecule has 0 radical (unpaired) electrons. The fraction of sp³-hybridized carbons (Fsp3) is 0.571. The number of carboxylic acid groups (broad SMARTS) is 1. The summed E-state index contributed by atoms with van der Waals surface area (Å²) in [7, 11) is 0. The summed E-state index contributed by atoms with van der Waals surface area (Å²) in [5, 5.41) is 24.2. The van der Waals surface area contributed by atoms with Crippen molar-refractivity contribution < 1.29 is 29.3 Å². The second-order valence-corrected chi connectivity index (χ2v) is 8.34. The lowest BCUT2D eigenvalue weighted by Gasteiger charge is -2.21. The number of carboxylic acids is 1. The van der Waals surface area contributed by atoms with Crippen molar-refractivity contribution in [3.63, 3.8) is 0 Å². The van der Waals surface area contributed by atoms with Gasteiger partial charge < -0.3 is 31.3 Å². The molecule has 2 atom stereocenters. The maximum Gasteiger partial charge on any atom is 0.407 e. The minimum absolute atomic E-state index is 0.0753. The van der Waals surface area contributed by atoms with Gasteiger partial charge in [0.15, 0.2) is 0 Å². The largest absolute Gasteiger partial charge is 0.508 e. The number of alkyl carbamates (subject to hydrolysis) is 1. The number of hydrogen-bond donors (Lipinski definition) is 5. The number of aromatic hydroxyl groups is 1. The first-order chi connectivity index (χ1) is 13.8. The van der Waals surface area contributed by atoms with E-state index < -0.39 is 35.7 Å². The number of amides is 2. The number of aryl methyl sites for hydroxylation is 2. The van der Waals surface area contributed by atoms with E-state index in [9.17, 15) is 24.6 Å². The Kier molecular flexibility index (Phi) is 9.10. The standard InChI is InChI=1S/C21H33N3O6/c1-12-9-14(25)10-13(2)15(12)11-17(19(27)28)24-18(26)16(22)7-6-8-23-20(29)30-21(3,4)5/h9-10,16-17,25H,6-8,11,22H2,1-5H3,(H,23,29)(H,24,26)(H,27,28). The fourth-order valence-electron chi connectivity index (χ4n) is 2.93. The maximum absolute atomic E-state index is 12.3. The Bertz CT molecular complexity index is 749. The molecule has 0 saturated heterocycles. The topological polar surface area (TPSA) is 151 Å². The van der Waals surface area contributed by atoms with Gasteiger partial charge in [0.2, 0.25) is 5.91 Å². The van der Waals surface area contributed by atoms with Crippen LogP contribution >= 0.6 is 0 Å². The molecule has 2 amide bonds. The number of nitrogens with two attached hydrogens (primary N) is 1. The van der Waals surface area contributed by atoms with Crippen molar-refractivity contribution in [3.05, 3.63) is 28.8 Å². The molecule has 0 aliphatic heterocycles. The van der Waals surface area contributed by atoms with E-state index in [0.717, 1.165) is 16.7 Å². The number of nitrogens with one attached hydrogen (secondary N) is 2. The van der Waals surface area contributed by atoms with Crippen LogP contribution in [0.15, 0.2) is 12.1 Å². The third-order valence-electron chi connectivity index (χ3n) is 4.40. The van der Waals surface area contributed by atoms with Crippen LogP contribution in [0, 0.1) is 13.8 Å². The molecule has 0 heterocycles. The highest BCUT2D eigenvalue weighted by Gasteiger charge is 2.25. The first kappa shape index (κ1) is 25.2. The Labute approximate surface area is 177 Å². The highest BCUT2D eigenvalue weighted by atomic mass is 16.6. The van der Waals surface area contributed by atoms with Gasteiger partial charge in [0.25, 0.3) is 0 Å². The number of aliphatic carboxylic acids is 1. The second-order valence-electron chi connectivity index (χ2n) is 8.34. The summed E-state index contributed by atoms with van der Waals surface area (Å²) in [5.74, 6) is -1.64. The van der Waals surface area contributed by atoms with Crippen LogP contribution < -0.4 is 16.4 Å². The van der Waals surface area contributed by atoms with E-state index in [0.29, 0.717) is 6.42 Å². The summed E-state index contributed by atoms with van der Waals surface area (Å²) in [6, 6.07) is 1.04. The molecule has 1 rings (SSSR count). The Hall–Kier alpha value is -2.81. The molecule has 168 valence electrons. The number of carbonyl (C=O) groups is 3. The van der Waals surface area contributed by atoms with Crippen molar-refractivity contribution in [2.45, 2.75) is 71.6 Å². The van der Waals surface area contributed by atoms with Gasteiger partial charge in [-0.1, -0.05) is 0 Å². The lowest BCUT2D eigenvalue weighted by Crippen LogP contribution is -2.49. The number of hydrogen-bond acceptors (Lipinski definition) is 6. The first-order valence-corrected chi connectivity index (χ1v) is 9.85. The molecular formula is C21H33N3O6. The highest BCUT2D eigenvalue weighted by Crippen LogP contribution is 2.22. The van der Waals surface area contributed by atoms with Crippen LogP contribution in [0.25, 0.3) is 0 Å². The number of ether oxygens (including phenoxy) is 1. The molecule has 9 nitrogen and oxygen atoms in total. The summed E-state index contributed by atoms with van der Waals surface area (Å²) in [4.78, 5) is 35.6. The number of benzene rings is 1. The van der Waals surface area contributed by atoms with E-state index in [1.807, 2.05) is 0 Å². The zero-order valence-electron chi connectivity index (χ0n) is 18.2. The fourth-order valence-corrected chi connectivity index (χ4v) is 2.93. The molecule has 0 aliphatic carbocycles. The third-order valence-corrected chi connectivity index (χ3v) is 4.40. The molecular weight excluding hydrogens is 390 g/mol. The van der Waals surface area contributed by atoms with Gasteiger partial charge in [0.05, 0.1) is 6.04 Å². The van der Waals surface area contributed by atoms with Crippen LogP contribution in [0.1, 0.15) is 50.3 Å². The van der Waals surface area contributed by atoms with Gasteiger partial charge >= 0.3 is 12.1 Å². The molecule has 1 aromatic carbocycles. The van der Waals surface area contributed by atoms with Gasteiger partial charge in [-0.2, -0.15) is 0 Å². The molecule has 0 saturated carbocycles. The van der Waals surface area contributed by atoms with Crippen molar-refractivity contribution in [1.82, 2.24) is 10.6 Å². The smallest absolute Gasteiger partial charge is 0.407 e. The second kappa shape index (κ2) is 10.8. The van der Waals surface area contributed by atoms with Gasteiger partial charge in [-0.3, -0.25) is 4.79 Å². The van der Waals surface area contributed by atoms with Crippen molar-refractivity contribution >= 4 is 18.0 Å². The molecule has 0 fully saturated rings. The van der Waals surface area contributed by atoms with Crippen molar-refractivity contribution in [2.24, 2.45) is 5.73 Å². The summed E-state index contributed by atoms with van der Waals surface area (Å²) in [6.07, 6.45) is 0.227. The monoisotopic (exact) mass is 423 g/mol. The highest BCUT2D eigenvalue weighted by molar-refractivity contribution is 5.87. The van der Waals surface area contributed by atoms with Gasteiger partial charge in [0.1, 0.15) is 17.4 Å². The Balaban J connectivity index is 2.57. The van der Waals surface area contributed by atoms with Gasteiger partial charge in [-0.05, 0) is 76.3 Å². The number of phenols is 1. The van der Waals surface area contributed by atoms with Crippen molar-refractivity contribution in [3.8, 4) is 5.75 Å². The molecule has 9 heteroatoms. The van der Waals surface area contributed by atoms with Crippen LogP contribution in [0.5, 0.6) is 5.75 Å². The van der Waals surface area contributed by atoms with Crippen LogP contribution in [-0.2, 0) is 20.7 Å². The number of phenolic OH excluding ortho intramolecular Hbond substituents is 1. The van der Waals surface area contributed by atoms with Crippen LogP contribution in [0.2, 0.25) is 0 Å². The summed E-state index contributed by atoms with van der Waals surface area (Å²) < 4.78 is 5.11. The number of rotatable bonds is 9. The third kappa shape index (κ3) is 8.69. The summed E-state index contributed by atoms with van der Waals surface area (Å²) in [6.45, 7) is 9.09. The van der Waals surface area contributed by atoms with Crippen molar-refractivity contribution in [2.75, 3.05) is 6.54 Å². The Morgan fingerprint density at radius 3 is 2.23 bits per heavy atom. The number of carbonyl (C=O) groups excluding carboxylic acids is 2. The minimum Gasteiger partial charge on any atom is -0.508 e. The lowest BCUT2D eigenvalue weighted by atomic mass is 9.95. The Morgan fingerprint density at radius 1 is 1.17 bits per heavy atom. The SMILES string of the molecule is Cc1cc(O)cc(C)c1CC(NC(=O)C(N)CCCNC(=O)OC(C)(C)C)C(=O)O. The van der Waals surface area contributed by atoms with Crippen LogP contribution in [0.4, 0.5) is 4.79 Å². The van der Waals surface area contributed by atoms with Crippen molar-refractivity contribution in [1.29, 1.82) is 0 Å². The molecule has 0 spiro atoms. The summed E-state index contributed by atoms with van der Waals surface area (Å²) in [5.41, 5.74) is 7.51. The molecule has 1 aromatic rings. The van der Waals surface area contributed by atoms with E-state index in [-0.39, 0.29) is 25.1 Å². The zero-order valence-corrected chi connectivity index (χ0v) is 18.2. The molecule has 30 heavy (non-hydrogen) atoms. The van der Waals surface area contributed by atoms with Gasteiger partial charge in [-0.15, -0.1) is 0 Å². The van der Waals surface area contributed by atoms with E-state index >= 15 is 0 Å². The Morgan fingerprint density at radius 2 is 1.73 bits per heavy atom. The van der Waals surface area contributed by atoms with Gasteiger partial charge in [0, 0.05) is 13.0 Å².